The molecule has 3 heterocycles. The first-order chi connectivity index (χ1) is 12.5. The summed E-state index contributed by atoms with van der Waals surface area (Å²) < 4.78 is 8.82. The predicted molar refractivity (Wildman–Crippen MR) is 95.5 cm³/mol. The number of rotatable bonds is 7. The zero-order chi connectivity index (χ0) is 18.7. The van der Waals surface area contributed by atoms with Gasteiger partial charge in [-0.05, 0) is 19.1 Å². The van der Waals surface area contributed by atoms with Crippen LogP contribution in [0.25, 0.3) is 0 Å². The largest absolute Gasteiger partial charge is 0.375 e. The van der Waals surface area contributed by atoms with Gasteiger partial charge in [0.25, 0.3) is 0 Å². The van der Waals surface area contributed by atoms with Crippen LogP contribution in [0.2, 0.25) is 0 Å². The molecule has 2 aromatic heterocycles. The number of Topliss-reactive ketones (excluding diaryl/α,β-unsaturated/α-hetero) is 1. The lowest BCUT2D eigenvalue weighted by Crippen LogP contribution is -2.33. The molecule has 0 bridgehead atoms. The van der Waals surface area contributed by atoms with Crippen molar-refractivity contribution in [1.82, 2.24) is 24.6 Å². The Labute approximate surface area is 152 Å². The van der Waals surface area contributed by atoms with Crippen LogP contribution >= 0.6 is 0 Å². The lowest BCUT2D eigenvalue weighted by molar-refractivity contribution is -0.124. The van der Waals surface area contributed by atoms with Crippen LogP contribution in [0.15, 0.2) is 18.3 Å². The quantitative estimate of drug-likeness (QED) is 0.736. The first-order valence-electron chi connectivity index (χ1n) is 8.66. The van der Waals surface area contributed by atoms with Gasteiger partial charge in [0.1, 0.15) is 6.61 Å². The van der Waals surface area contributed by atoms with Crippen molar-refractivity contribution in [2.45, 2.75) is 33.1 Å². The summed E-state index contributed by atoms with van der Waals surface area (Å²) in [4.78, 5) is 25.4. The van der Waals surface area contributed by atoms with E-state index in [-0.39, 0.29) is 18.3 Å². The maximum atomic E-state index is 11.5. The van der Waals surface area contributed by atoms with Crippen LogP contribution in [0.1, 0.15) is 34.4 Å². The molecule has 0 fully saturated rings. The third kappa shape index (κ3) is 4.20. The van der Waals surface area contributed by atoms with Gasteiger partial charge in [-0.25, -0.2) is 0 Å². The molecular formula is C18H25N5O3. The molecule has 140 valence electrons. The Balaban J connectivity index is 1.61. The first-order valence-corrected chi connectivity index (χ1v) is 8.66. The minimum atomic E-state index is -0.148. The Bertz CT molecular complexity index is 808. The number of carbonyl (C=O) groups excluding carboxylic acids is 2. The van der Waals surface area contributed by atoms with E-state index in [1.54, 1.807) is 6.92 Å². The molecule has 0 saturated carbocycles. The monoisotopic (exact) mass is 359 g/mol. The highest BCUT2D eigenvalue weighted by atomic mass is 16.5. The van der Waals surface area contributed by atoms with E-state index in [0.29, 0.717) is 6.54 Å². The second kappa shape index (κ2) is 7.84. The third-order valence-electron chi connectivity index (χ3n) is 4.57. The summed E-state index contributed by atoms with van der Waals surface area (Å²) in [6.45, 7) is 5.33. The van der Waals surface area contributed by atoms with Crippen LogP contribution in [0, 0.1) is 0 Å². The Hall–Kier alpha value is -2.45. The van der Waals surface area contributed by atoms with Crippen molar-refractivity contribution in [3.63, 3.8) is 0 Å². The van der Waals surface area contributed by atoms with Crippen LogP contribution < -0.4 is 5.32 Å². The van der Waals surface area contributed by atoms with Crippen LogP contribution in [-0.2, 0) is 42.8 Å². The maximum absolute atomic E-state index is 11.5. The van der Waals surface area contributed by atoms with E-state index in [1.165, 1.54) is 7.11 Å². The van der Waals surface area contributed by atoms with E-state index >= 15 is 0 Å². The van der Waals surface area contributed by atoms with E-state index in [4.69, 9.17) is 4.74 Å². The molecule has 0 radical (unpaired) electrons. The molecular weight excluding hydrogens is 334 g/mol. The van der Waals surface area contributed by atoms with Crippen LogP contribution in [-0.4, -0.2) is 51.2 Å². The minimum absolute atomic E-state index is 0.0558. The fraction of sp³-hybridized carbons (Fsp3) is 0.500. The number of nitrogens with zero attached hydrogens (tertiary/aromatic N) is 4. The molecule has 0 aliphatic carbocycles. The van der Waals surface area contributed by atoms with Crippen molar-refractivity contribution in [3.05, 3.63) is 41.0 Å². The number of aryl methyl sites for hydroxylation is 1. The molecule has 8 nitrogen and oxygen atoms in total. The molecule has 0 saturated heterocycles. The highest BCUT2D eigenvalue weighted by Crippen LogP contribution is 2.17. The molecule has 1 N–H and O–H groups in total. The first kappa shape index (κ1) is 18.3. The number of ketones is 1. The molecule has 1 aliphatic rings. The molecule has 8 heteroatoms. The number of ether oxygens (including phenoxy) is 1. The number of fused-ring (bicyclic) bond motifs is 1. The Morgan fingerprint density at radius 1 is 1.31 bits per heavy atom. The van der Waals surface area contributed by atoms with E-state index < -0.39 is 0 Å². The van der Waals surface area contributed by atoms with Crippen molar-refractivity contribution in [2.75, 3.05) is 20.3 Å². The normalized spacial score (nSPS) is 14.3. The van der Waals surface area contributed by atoms with Crippen LogP contribution in [0.4, 0.5) is 0 Å². The van der Waals surface area contributed by atoms with Crippen molar-refractivity contribution in [1.29, 1.82) is 0 Å². The second-order valence-corrected chi connectivity index (χ2v) is 6.66. The molecule has 26 heavy (non-hydrogen) atoms. The summed E-state index contributed by atoms with van der Waals surface area (Å²) in [5.74, 6) is -0.0613. The Morgan fingerprint density at radius 2 is 2.12 bits per heavy atom. The van der Waals surface area contributed by atoms with E-state index in [1.807, 2.05) is 34.6 Å². The molecule has 0 unspecified atom stereocenters. The lowest BCUT2D eigenvalue weighted by Gasteiger charge is -2.27. The summed E-state index contributed by atoms with van der Waals surface area (Å²) in [5.41, 5.74) is 3.85. The van der Waals surface area contributed by atoms with Crippen molar-refractivity contribution < 1.29 is 14.3 Å². The van der Waals surface area contributed by atoms with Gasteiger partial charge in [-0.15, -0.1) is 0 Å². The van der Waals surface area contributed by atoms with Gasteiger partial charge >= 0.3 is 0 Å². The number of aromatic nitrogens is 3. The Kier molecular flexibility index (Phi) is 5.53. The highest BCUT2D eigenvalue weighted by molar-refractivity contribution is 5.94. The van der Waals surface area contributed by atoms with Gasteiger partial charge in [-0.1, -0.05) is 0 Å². The van der Waals surface area contributed by atoms with E-state index in [2.05, 4.69) is 15.3 Å². The molecule has 0 aromatic carbocycles. The summed E-state index contributed by atoms with van der Waals surface area (Å²) in [7, 11) is 3.46. The van der Waals surface area contributed by atoms with E-state index in [9.17, 15) is 9.59 Å². The van der Waals surface area contributed by atoms with Gasteiger partial charge in [0.2, 0.25) is 5.91 Å². The SMILES string of the molecule is COCC(=O)NCc1cc2n(n1)CCN(Cc1cc(C(C)=O)cn1C)C2. The minimum Gasteiger partial charge on any atom is -0.375 e. The van der Waals surface area contributed by atoms with Gasteiger partial charge in [-0.3, -0.25) is 19.2 Å². The number of amides is 1. The van der Waals surface area contributed by atoms with Crippen molar-refractivity contribution in [3.8, 4) is 0 Å². The number of hydrogen-bond donors (Lipinski definition) is 1. The summed E-state index contributed by atoms with van der Waals surface area (Å²) in [5, 5.41) is 7.35. The number of methoxy groups -OCH3 is 1. The molecule has 0 atom stereocenters. The maximum Gasteiger partial charge on any atom is 0.246 e. The molecule has 3 rings (SSSR count). The second-order valence-electron chi connectivity index (χ2n) is 6.66. The third-order valence-corrected chi connectivity index (χ3v) is 4.57. The highest BCUT2D eigenvalue weighted by Gasteiger charge is 2.20. The smallest absolute Gasteiger partial charge is 0.246 e. The molecule has 1 amide bonds. The van der Waals surface area contributed by atoms with Gasteiger partial charge in [0, 0.05) is 51.2 Å². The average molecular weight is 359 g/mol. The zero-order valence-corrected chi connectivity index (χ0v) is 15.5. The van der Waals surface area contributed by atoms with Crippen LogP contribution in [0.5, 0.6) is 0 Å². The lowest BCUT2D eigenvalue weighted by atomic mass is 10.2. The summed E-state index contributed by atoms with van der Waals surface area (Å²) in [6.07, 6.45) is 1.88. The predicted octanol–water partition coefficient (Wildman–Crippen LogP) is 0.703. The van der Waals surface area contributed by atoms with Crippen LogP contribution in [0.3, 0.4) is 0 Å². The number of nitrogens with one attached hydrogen (secondary N) is 1. The summed E-state index contributed by atoms with van der Waals surface area (Å²) >= 11 is 0. The van der Waals surface area contributed by atoms with Crippen molar-refractivity contribution >= 4 is 11.7 Å². The van der Waals surface area contributed by atoms with Gasteiger partial charge in [0.15, 0.2) is 5.78 Å². The zero-order valence-electron chi connectivity index (χ0n) is 15.5. The summed E-state index contributed by atoms with van der Waals surface area (Å²) in [6, 6.07) is 4.00. The molecule has 2 aromatic rings. The Morgan fingerprint density at radius 3 is 2.81 bits per heavy atom. The van der Waals surface area contributed by atoms with Gasteiger partial charge < -0.3 is 14.6 Å². The fourth-order valence-electron chi connectivity index (χ4n) is 3.16. The van der Waals surface area contributed by atoms with Crippen molar-refractivity contribution in [2.24, 2.45) is 7.05 Å². The standard InChI is InChI=1S/C18H25N5O3/c1-13(24)14-6-16(21(2)9-14)10-22-4-5-23-17(11-22)7-15(20-23)8-19-18(25)12-26-3/h6-7,9H,4-5,8,10-12H2,1-3H3,(H,19,25). The fourth-order valence-corrected chi connectivity index (χ4v) is 3.16. The average Bonchev–Trinajstić information content (AvgIpc) is 3.16. The molecule has 1 aliphatic heterocycles. The number of hydrogen-bond acceptors (Lipinski definition) is 5. The number of carbonyl (C=O) groups is 2. The molecule has 0 spiro atoms. The van der Waals surface area contributed by atoms with Gasteiger partial charge in [0.05, 0.1) is 24.5 Å². The van der Waals surface area contributed by atoms with Gasteiger partial charge in [-0.2, -0.15) is 5.10 Å². The topological polar surface area (TPSA) is 81.4 Å². The van der Waals surface area contributed by atoms with E-state index in [0.717, 1.165) is 48.8 Å².